The van der Waals surface area contributed by atoms with Crippen LogP contribution in [0.5, 0.6) is 5.88 Å². The van der Waals surface area contributed by atoms with Gasteiger partial charge in [0.15, 0.2) is 0 Å². The van der Waals surface area contributed by atoms with Gasteiger partial charge in [-0.05, 0) is 18.2 Å². The molecule has 0 unspecified atom stereocenters. The maximum Gasteiger partial charge on any atom is 0.255 e. The van der Waals surface area contributed by atoms with Crippen LogP contribution in [-0.2, 0) is 13.0 Å². The fourth-order valence-corrected chi connectivity index (χ4v) is 2.79. The number of oxazole rings is 1. The third-order valence-electron chi connectivity index (χ3n) is 4.12. The molecule has 25 heavy (non-hydrogen) atoms. The summed E-state index contributed by atoms with van der Waals surface area (Å²) in [5, 5.41) is 0. The van der Waals surface area contributed by atoms with E-state index in [1.165, 1.54) is 6.20 Å². The number of nitrogens with zero attached hydrogens (tertiary/aromatic N) is 4. The predicted molar refractivity (Wildman–Crippen MR) is 89.0 cm³/mol. The van der Waals surface area contributed by atoms with Crippen molar-refractivity contribution in [3.05, 3.63) is 59.9 Å². The van der Waals surface area contributed by atoms with Crippen molar-refractivity contribution >= 4 is 5.91 Å². The molecule has 0 radical (unpaired) electrons. The number of ether oxygens (including phenoxy) is 1. The van der Waals surface area contributed by atoms with Gasteiger partial charge < -0.3 is 14.1 Å². The van der Waals surface area contributed by atoms with Crippen LogP contribution in [0.4, 0.5) is 0 Å². The van der Waals surface area contributed by atoms with Gasteiger partial charge in [0.1, 0.15) is 11.5 Å². The monoisotopic (exact) mass is 336 g/mol. The number of rotatable bonds is 3. The minimum Gasteiger partial charge on any atom is -0.481 e. The Kier molecular flexibility index (Phi) is 3.89. The SMILES string of the molecule is COc1ccc(C(=O)N2CCc3oc(-c4cccnc4)nc3C2)cn1. The molecule has 1 amide bonds. The van der Waals surface area contributed by atoms with E-state index >= 15 is 0 Å². The summed E-state index contributed by atoms with van der Waals surface area (Å²) in [6, 6.07) is 7.13. The molecule has 0 N–H and O–H groups in total. The Labute approximate surface area is 144 Å². The summed E-state index contributed by atoms with van der Waals surface area (Å²) in [7, 11) is 1.54. The van der Waals surface area contributed by atoms with Crippen LogP contribution in [0.15, 0.2) is 47.3 Å². The Balaban J connectivity index is 1.54. The van der Waals surface area contributed by atoms with Crippen molar-refractivity contribution in [2.45, 2.75) is 13.0 Å². The van der Waals surface area contributed by atoms with E-state index in [0.717, 1.165) is 17.0 Å². The molecule has 0 aromatic carbocycles. The first-order chi connectivity index (χ1) is 12.2. The molecule has 0 aliphatic carbocycles. The number of fused-ring (bicyclic) bond motifs is 1. The van der Waals surface area contributed by atoms with E-state index in [-0.39, 0.29) is 5.91 Å². The summed E-state index contributed by atoms with van der Waals surface area (Å²) >= 11 is 0. The number of hydrogen-bond donors (Lipinski definition) is 0. The second-order valence-corrected chi connectivity index (χ2v) is 5.70. The van der Waals surface area contributed by atoms with Crippen LogP contribution in [0.1, 0.15) is 21.8 Å². The molecule has 4 rings (SSSR count). The van der Waals surface area contributed by atoms with Gasteiger partial charge in [-0.25, -0.2) is 9.97 Å². The van der Waals surface area contributed by atoms with Crippen LogP contribution in [0.25, 0.3) is 11.5 Å². The molecule has 126 valence electrons. The highest BCUT2D eigenvalue weighted by Gasteiger charge is 2.26. The normalized spacial score (nSPS) is 13.4. The maximum absolute atomic E-state index is 12.7. The summed E-state index contributed by atoms with van der Waals surface area (Å²) in [5.41, 5.74) is 2.15. The summed E-state index contributed by atoms with van der Waals surface area (Å²) in [5.74, 6) is 1.77. The highest BCUT2D eigenvalue weighted by atomic mass is 16.5. The molecule has 0 saturated carbocycles. The van der Waals surface area contributed by atoms with Crippen molar-refractivity contribution < 1.29 is 13.9 Å². The van der Waals surface area contributed by atoms with Gasteiger partial charge in [0, 0.05) is 37.6 Å². The van der Waals surface area contributed by atoms with E-state index in [4.69, 9.17) is 9.15 Å². The fraction of sp³-hybridized carbons (Fsp3) is 0.222. The zero-order chi connectivity index (χ0) is 17.2. The van der Waals surface area contributed by atoms with Gasteiger partial charge in [0.25, 0.3) is 5.91 Å². The summed E-state index contributed by atoms with van der Waals surface area (Å²) < 4.78 is 10.9. The van der Waals surface area contributed by atoms with Crippen LogP contribution in [-0.4, -0.2) is 39.4 Å². The fourth-order valence-electron chi connectivity index (χ4n) is 2.79. The third kappa shape index (κ3) is 2.96. The zero-order valence-electron chi connectivity index (χ0n) is 13.7. The van der Waals surface area contributed by atoms with Gasteiger partial charge in [-0.2, -0.15) is 0 Å². The predicted octanol–water partition coefficient (Wildman–Crippen LogP) is 2.34. The number of carbonyl (C=O) groups excluding carboxylic acids is 1. The Morgan fingerprint density at radius 3 is 2.92 bits per heavy atom. The lowest BCUT2D eigenvalue weighted by Crippen LogP contribution is -2.35. The molecule has 1 aliphatic rings. The number of hydrogen-bond acceptors (Lipinski definition) is 6. The molecule has 7 heteroatoms. The van der Waals surface area contributed by atoms with Gasteiger partial charge in [-0.15, -0.1) is 0 Å². The Hall–Kier alpha value is -3.22. The number of pyridine rings is 2. The summed E-state index contributed by atoms with van der Waals surface area (Å²) in [4.78, 5) is 27.1. The van der Waals surface area contributed by atoms with Crippen molar-refractivity contribution in [1.29, 1.82) is 0 Å². The smallest absolute Gasteiger partial charge is 0.255 e. The van der Waals surface area contributed by atoms with Crippen molar-refractivity contribution in [2.75, 3.05) is 13.7 Å². The third-order valence-corrected chi connectivity index (χ3v) is 4.12. The van der Waals surface area contributed by atoms with Gasteiger partial charge in [-0.3, -0.25) is 9.78 Å². The van der Waals surface area contributed by atoms with Crippen molar-refractivity contribution in [3.8, 4) is 17.3 Å². The molecule has 3 aromatic rings. The van der Waals surface area contributed by atoms with E-state index in [1.54, 1.807) is 36.5 Å². The van der Waals surface area contributed by atoms with Crippen LogP contribution in [0.3, 0.4) is 0 Å². The number of amides is 1. The molecular weight excluding hydrogens is 320 g/mol. The van der Waals surface area contributed by atoms with Crippen LogP contribution >= 0.6 is 0 Å². The first kappa shape index (κ1) is 15.3. The molecule has 1 aliphatic heterocycles. The van der Waals surface area contributed by atoms with Gasteiger partial charge in [0.2, 0.25) is 11.8 Å². The lowest BCUT2D eigenvalue weighted by atomic mass is 10.1. The van der Waals surface area contributed by atoms with Gasteiger partial charge >= 0.3 is 0 Å². The second kappa shape index (κ2) is 6.35. The first-order valence-corrected chi connectivity index (χ1v) is 7.93. The molecule has 3 aromatic heterocycles. The maximum atomic E-state index is 12.7. The van der Waals surface area contributed by atoms with Crippen molar-refractivity contribution in [2.24, 2.45) is 0 Å². The molecule has 4 heterocycles. The topological polar surface area (TPSA) is 81.4 Å². The molecular formula is C18H16N4O3. The molecule has 0 saturated heterocycles. The lowest BCUT2D eigenvalue weighted by Gasteiger charge is -2.25. The second-order valence-electron chi connectivity index (χ2n) is 5.70. The van der Waals surface area contributed by atoms with E-state index in [9.17, 15) is 4.79 Å². The average molecular weight is 336 g/mol. The van der Waals surface area contributed by atoms with E-state index in [1.807, 2.05) is 12.1 Å². The summed E-state index contributed by atoms with van der Waals surface area (Å²) in [6.07, 6.45) is 5.58. The minimum absolute atomic E-state index is 0.0771. The average Bonchev–Trinajstić information content (AvgIpc) is 3.11. The van der Waals surface area contributed by atoms with E-state index < -0.39 is 0 Å². The van der Waals surface area contributed by atoms with Gasteiger partial charge in [0.05, 0.1) is 24.8 Å². The molecule has 0 atom stereocenters. The Morgan fingerprint density at radius 1 is 1.28 bits per heavy atom. The zero-order valence-corrected chi connectivity index (χ0v) is 13.7. The number of methoxy groups -OCH3 is 1. The molecule has 0 fully saturated rings. The van der Waals surface area contributed by atoms with E-state index in [0.29, 0.717) is 36.8 Å². The van der Waals surface area contributed by atoms with E-state index in [2.05, 4.69) is 15.0 Å². The number of carbonyl (C=O) groups is 1. The summed E-state index contributed by atoms with van der Waals surface area (Å²) in [6.45, 7) is 1.00. The van der Waals surface area contributed by atoms with Crippen molar-refractivity contribution in [1.82, 2.24) is 19.9 Å². The van der Waals surface area contributed by atoms with Crippen LogP contribution < -0.4 is 4.74 Å². The highest BCUT2D eigenvalue weighted by Crippen LogP contribution is 2.26. The molecule has 0 bridgehead atoms. The standard InChI is InChI=1S/C18H16N4O3/c1-24-16-5-4-13(10-20-16)18(23)22-8-6-15-14(11-22)21-17(25-15)12-3-2-7-19-9-12/h2-5,7,9-10H,6,8,11H2,1H3. The van der Waals surface area contributed by atoms with Crippen LogP contribution in [0, 0.1) is 0 Å². The van der Waals surface area contributed by atoms with Crippen molar-refractivity contribution in [3.63, 3.8) is 0 Å². The highest BCUT2D eigenvalue weighted by molar-refractivity contribution is 5.94. The van der Waals surface area contributed by atoms with Gasteiger partial charge in [-0.1, -0.05) is 0 Å². The largest absolute Gasteiger partial charge is 0.481 e. The molecule has 0 spiro atoms. The minimum atomic E-state index is -0.0771. The quantitative estimate of drug-likeness (QED) is 0.730. The molecule has 7 nitrogen and oxygen atoms in total. The Morgan fingerprint density at radius 2 is 2.20 bits per heavy atom. The Bertz CT molecular complexity index is 890. The lowest BCUT2D eigenvalue weighted by molar-refractivity contribution is 0.0727. The first-order valence-electron chi connectivity index (χ1n) is 7.93. The van der Waals surface area contributed by atoms with Crippen LogP contribution in [0.2, 0.25) is 0 Å². The number of aromatic nitrogens is 3.